The van der Waals surface area contributed by atoms with Gasteiger partial charge in [-0.1, -0.05) is 55.8 Å². The second-order valence-electron chi connectivity index (χ2n) is 12.0. The SMILES string of the molecule is CCCCc1nc2c(N)nc3ccccc3c2n1CCCCNC(=O)CNC(=O)CCOCCOCCC(=O)NCC1=C/C=C\C=C(\N)C=C1. The molecule has 1 aliphatic carbocycles. The van der Waals surface area contributed by atoms with Crippen molar-refractivity contribution >= 4 is 45.5 Å². The van der Waals surface area contributed by atoms with Crippen LogP contribution in [0.1, 0.15) is 51.3 Å². The van der Waals surface area contributed by atoms with Gasteiger partial charge in [-0.2, -0.15) is 0 Å². The number of carbonyl (C=O) groups is 3. The smallest absolute Gasteiger partial charge is 0.239 e. The number of pyridine rings is 1. The van der Waals surface area contributed by atoms with Gasteiger partial charge in [-0.25, -0.2) is 9.97 Å². The van der Waals surface area contributed by atoms with E-state index in [1.807, 2.05) is 42.5 Å². The van der Waals surface area contributed by atoms with Gasteiger partial charge in [0.1, 0.15) is 11.3 Å². The van der Waals surface area contributed by atoms with E-state index >= 15 is 0 Å². The fourth-order valence-electron chi connectivity index (χ4n) is 5.34. The third-order valence-corrected chi connectivity index (χ3v) is 8.03. The molecule has 0 aliphatic heterocycles. The number of amides is 3. The highest BCUT2D eigenvalue weighted by Gasteiger charge is 2.17. The highest BCUT2D eigenvalue weighted by molar-refractivity contribution is 6.06. The summed E-state index contributed by atoms with van der Waals surface area (Å²) in [5.74, 6) is 0.816. The van der Waals surface area contributed by atoms with Crippen LogP contribution in [0.4, 0.5) is 5.82 Å². The van der Waals surface area contributed by atoms with Gasteiger partial charge < -0.3 is 41.5 Å². The van der Waals surface area contributed by atoms with Gasteiger partial charge in [-0.05, 0) is 43.1 Å². The number of fused-ring (bicyclic) bond motifs is 3. The number of allylic oxidation sites excluding steroid dienone is 5. The minimum Gasteiger partial charge on any atom is -0.399 e. The summed E-state index contributed by atoms with van der Waals surface area (Å²) in [5, 5.41) is 9.39. The molecule has 4 rings (SSSR count). The Balaban J connectivity index is 1.03. The number of nitrogens with two attached hydrogens (primary N) is 2. The zero-order valence-electron chi connectivity index (χ0n) is 28.9. The summed E-state index contributed by atoms with van der Waals surface area (Å²) in [7, 11) is 0. The lowest BCUT2D eigenvalue weighted by molar-refractivity contribution is -0.126. The molecule has 3 aromatic rings. The van der Waals surface area contributed by atoms with Gasteiger partial charge in [0.25, 0.3) is 0 Å². The van der Waals surface area contributed by atoms with Crippen LogP contribution in [0.15, 0.2) is 72.0 Å². The molecule has 0 unspecified atom stereocenters. The number of aryl methyl sites for hydroxylation is 2. The van der Waals surface area contributed by atoms with Crippen LogP contribution in [0.3, 0.4) is 0 Å². The number of rotatable bonds is 21. The number of anilines is 1. The first-order valence-corrected chi connectivity index (χ1v) is 17.4. The standard InChI is InChI=1S/C37H50N8O5/c1-2-3-14-31-44-35-36(29-12-6-7-13-30(29)43-37(35)39)45(31)20-9-8-19-40-34(48)26-42-33(47)18-22-50-24-23-49-21-17-32(46)41-25-27-10-4-5-11-28(38)16-15-27/h4-7,10-13,15-16H,2-3,8-9,14,17-26,38H2,1H3,(H2,39,43)(H,40,48)(H,41,46)(H,42,47)/b5-4-,10-4?,11-5?,16-15?,27-10?,27-15?,28-11+,28-16?. The van der Waals surface area contributed by atoms with Crippen LogP contribution in [-0.2, 0) is 36.8 Å². The number of benzene rings is 1. The Morgan fingerprint density at radius 3 is 2.34 bits per heavy atom. The first kappa shape index (κ1) is 37.8. The third kappa shape index (κ3) is 12.1. The van der Waals surface area contributed by atoms with E-state index in [1.165, 1.54) is 0 Å². The predicted molar refractivity (Wildman–Crippen MR) is 196 cm³/mol. The molecule has 1 aromatic carbocycles. The minimum absolute atomic E-state index is 0.0923. The Morgan fingerprint density at radius 2 is 1.56 bits per heavy atom. The Bertz CT molecular complexity index is 1730. The Kier molecular flexibility index (Phi) is 15.5. The molecule has 3 amide bonds. The number of para-hydroxylation sites is 1. The number of unbranched alkanes of at least 4 members (excludes halogenated alkanes) is 2. The van der Waals surface area contributed by atoms with Crippen LogP contribution in [-0.4, -0.2) is 78.3 Å². The van der Waals surface area contributed by atoms with Gasteiger partial charge >= 0.3 is 0 Å². The molecule has 50 heavy (non-hydrogen) atoms. The van der Waals surface area contributed by atoms with Gasteiger partial charge in [0.15, 0.2) is 5.82 Å². The third-order valence-electron chi connectivity index (χ3n) is 8.03. The normalized spacial score (nSPS) is 14.4. The van der Waals surface area contributed by atoms with Crippen LogP contribution >= 0.6 is 0 Å². The monoisotopic (exact) mass is 686 g/mol. The van der Waals surface area contributed by atoms with Crippen molar-refractivity contribution in [1.29, 1.82) is 0 Å². The van der Waals surface area contributed by atoms with E-state index in [-0.39, 0.29) is 50.3 Å². The number of hydrogen-bond acceptors (Lipinski definition) is 9. The van der Waals surface area contributed by atoms with Crippen molar-refractivity contribution in [1.82, 2.24) is 30.5 Å². The van der Waals surface area contributed by atoms with Crippen LogP contribution in [0, 0.1) is 0 Å². The maximum atomic E-state index is 12.3. The van der Waals surface area contributed by atoms with Gasteiger partial charge in [-0.15, -0.1) is 0 Å². The summed E-state index contributed by atoms with van der Waals surface area (Å²) >= 11 is 0. The van der Waals surface area contributed by atoms with Crippen LogP contribution < -0.4 is 27.4 Å². The highest BCUT2D eigenvalue weighted by atomic mass is 16.5. The van der Waals surface area contributed by atoms with Crippen molar-refractivity contribution in [3.8, 4) is 0 Å². The van der Waals surface area contributed by atoms with E-state index < -0.39 is 0 Å². The molecule has 7 N–H and O–H groups in total. The van der Waals surface area contributed by atoms with Crippen molar-refractivity contribution in [2.24, 2.45) is 5.73 Å². The summed E-state index contributed by atoms with van der Waals surface area (Å²) in [6.45, 7) is 4.79. The molecule has 0 spiro atoms. The Hall–Kier alpha value is -5.01. The number of carbonyl (C=O) groups excluding carboxylic acids is 3. The summed E-state index contributed by atoms with van der Waals surface area (Å²) in [4.78, 5) is 45.9. The molecular weight excluding hydrogens is 636 g/mol. The first-order chi connectivity index (χ1) is 24.4. The number of aromatic nitrogens is 3. The fraction of sp³-hybridized carbons (Fsp3) is 0.432. The lowest BCUT2D eigenvalue weighted by atomic mass is 10.1. The Labute approximate surface area is 293 Å². The second-order valence-corrected chi connectivity index (χ2v) is 12.0. The largest absolute Gasteiger partial charge is 0.399 e. The molecule has 0 saturated carbocycles. The van der Waals surface area contributed by atoms with Crippen LogP contribution in [0.2, 0.25) is 0 Å². The molecule has 268 valence electrons. The van der Waals surface area contributed by atoms with Crippen molar-refractivity contribution in [3.05, 3.63) is 77.8 Å². The van der Waals surface area contributed by atoms with Gasteiger partial charge in [0.05, 0.1) is 44.0 Å². The molecule has 2 heterocycles. The average molecular weight is 687 g/mol. The van der Waals surface area contributed by atoms with E-state index in [0.29, 0.717) is 37.8 Å². The average Bonchev–Trinajstić information content (AvgIpc) is 3.47. The first-order valence-electron chi connectivity index (χ1n) is 17.4. The Morgan fingerprint density at radius 1 is 0.820 bits per heavy atom. The molecular formula is C37H50N8O5. The molecule has 13 heteroatoms. The molecule has 13 nitrogen and oxygen atoms in total. The van der Waals surface area contributed by atoms with Gasteiger partial charge in [0.2, 0.25) is 17.7 Å². The van der Waals surface area contributed by atoms with Gasteiger partial charge in [0, 0.05) is 50.0 Å². The number of nitrogen functional groups attached to an aromatic ring is 1. The topological polar surface area (TPSA) is 189 Å². The number of nitrogens with one attached hydrogen (secondary N) is 3. The van der Waals surface area contributed by atoms with Crippen LogP contribution in [0.5, 0.6) is 0 Å². The molecule has 1 aliphatic rings. The molecule has 2 aromatic heterocycles. The van der Waals surface area contributed by atoms with Crippen LogP contribution in [0.25, 0.3) is 21.9 Å². The number of imidazole rings is 1. The maximum absolute atomic E-state index is 12.3. The lowest BCUT2D eigenvalue weighted by Gasteiger charge is -2.11. The fourth-order valence-corrected chi connectivity index (χ4v) is 5.34. The number of nitrogens with zero attached hydrogens (tertiary/aromatic N) is 3. The number of hydrogen-bond donors (Lipinski definition) is 5. The molecule has 0 atom stereocenters. The van der Waals surface area contributed by atoms with E-state index in [9.17, 15) is 14.4 Å². The summed E-state index contributed by atoms with van der Waals surface area (Å²) in [6, 6.07) is 7.97. The molecule has 0 fully saturated rings. The van der Waals surface area contributed by atoms with Crippen molar-refractivity contribution in [3.63, 3.8) is 0 Å². The predicted octanol–water partition coefficient (Wildman–Crippen LogP) is 3.35. The minimum atomic E-state index is -0.270. The lowest BCUT2D eigenvalue weighted by Crippen LogP contribution is -2.37. The van der Waals surface area contributed by atoms with E-state index in [2.05, 4.69) is 38.5 Å². The van der Waals surface area contributed by atoms with E-state index in [1.54, 1.807) is 12.2 Å². The summed E-state index contributed by atoms with van der Waals surface area (Å²) < 4.78 is 13.2. The van der Waals surface area contributed by atoms with Crippen molar-refractivity contribution in [2.45, 2.75) is 58.4 Å². The van der Waals surface area contributed by atoms with Crippen molar-refractivity contribution in [2.75, 3.05) is 51.8 Å². The summed E-state index contributed by atoms with van der Waals surface area (Å²) in [5.41, 5.74) is 16.3. The maximum Gasteiger partial charge on any atom is 0.239 e. The van der Waals surface area contributed by atoms with Gasteiger partial charge in [-0.3, -0.25) is 14.4 Å². The second kappa shape index (κ2) is 20.5. The zero-order chi connectivity index (χ0) is 35.6. The molecule has 0 radical (unpaired) electrons. The zero-order valence-corrected chi connectivity index (χ0v) is 28.9. The van der Waals surface area contributed by atoms with E-state index in [4.69, 9.17) is 25.9 Å². The molecule has 0 bridgehead atoms. The van der Waals surface area contributed by atoms with E-state index in [0.717, 1.165) is 72.0 Å². The quantitative estimate of drug-likeness (QED) is 0.105. The molecule has 0 saturated heterocycles. The number of ether oxygens (including phenoxy) is 2. The van der Waals surface area contributed by atoms with Crippen molar-refractivity contribution < 1.29 is 23.9 Å². The highest BCUT2D eigenvalue weighted by Crippen LogP contribution is 2.29. The summed E-state index contributed by atoms with van der Waals surface area (Å²) in [6.07, 6.45) is 16.0.